The molecule has 1 rings (SSSR count). The molecule has 96 valence electrons. The first-order valence-electron chi connectivity index (χ1n) is 5.84. The number of nitrogens with one attached hydrogen (secondary N) is 1. The molecule has 0 saturated carbocycles. The highest BCUT2D eigenvalue weighted by Gasteiger charge is 2.22. The highest BCUT2D eigenvalue weighted by molar-refractivity contribution is 5.84. The molecule has 1 aliphatic rings. The van der Waals surface area contributed by atoms with E-state index >= 15 is 0 Å². The van der Waals surface area contributed by atoms with Crippen LogP contribution in [0.3, 0.4) is 0 Å². The van der Waals surface area contributed by atoms with Crippen LogP contribution >= 0.6 is 0 Å². The first-order chi connectivity index (χ1) is 8.04. The Hall–Kier alpha value is -1.59. The van der Waals surface area contributed by atoms with E-state index in [2.05, 4.69) is 5.32 Å². The van der Waals surface area contributed by atoms with Gasteiger partial charge >= 0.3 is 0 Å². The van der Waals surface area contributed by atoms with Gasteiger partial charge in [-0.1, -0.05) is 6.92 Å². The molecule has 0 aromatic rings. The van der Waals surface area contributed by atoms with Crippen molar-refractivity contribution in [2.24, 2.45) is 0 Å². The SMILES string of the molecule is CCC(=O)NCC(=O)N1CCN(C(C)=O)CC1. The Morgan fingerprint density at radius 3 is 2.06 bits per heavy atom. The van der Waals surface area contributed by atoms with Crippen LogP contribution in [0.25, 0.3) is 0 Å². The predicted molar refractivity (Wildman–Crippen MR) is 62.1 cm³/mol. The number of carbonyl (C=O) groups is 3. The molecule has 1 N–H and O–H groups in total. The molecule has 0 aliphatic carbocycles. The molecule has 1 saturated heterocycles. The minimum atomic E-state index is -0.124. The topological polar surface area (TPSA) is 69.7 Å². The van der Waals surface area contributed by atoms with Crippen molar-refractivity contribution < 1.29 is 14.4 Å². The molecule has 6 nitrogen and oxygen atoms in total. The summed E-state index contributed by atoms with van der Waals surface area (Å²) in [4.78, 5) is 37.2. The van der Waals surface area contributed by atoms with Gasteiger partial charge in [0.1, 0.15) is 0 Å². The summed E-state index contributed by atoms with van der Waals surface area (Å²) >= 11 is 0. The molecular weight excluding hydrogens is 222 g/mol. The second-order valence-electron chi connectivity index (χ2n) is 4.02. The van der Waals surface area contributed by atoms with E-state index < -0.39 is 0 Å². The fraction of sp³-hybridized carbons (Fsp3) is 0.727. The van der Waals surface area contributed by atoms with E-state index in [9.17, 15) is 14.4 Å². The van der Waals surface area contributed by atoms with Crippen LogP contribution in [0.1, 0.15) is 20.3 Å². The van der Waals surface area contributed by atoms with E-state index in [1.54, 1.807) is 16.7 Å². The van der Waals surface area contributed by atoms with Gasteiger partial charge < -0.3 is 15.1 Å². The summed E-state index contributed by atoms with van der Waals surface area (Å²) in [6.45, 7) is 5.55. The van der Waals surface area contributed by atoms with Crippen LogP contribution in [0.2, 0.25) is 0 Å². The fourth-order valence-electron chi connectivity index (χ4n) is 1.68. The molecule has 0 spiro atoms. The van der Waals surface area contributed by atoms with E-state index in [-0.39, 0.29) is 24.3 Å². The summed E-state index contributed by atoms with van der Waals surface area (Å²) < 4.78 is 0. The van der Waals surface area contributed by atoms with Crippen molar-refractivity contribution in [3.8, 4) is 0 Å². The molecule has 1 fully saturated rings. The number of piperazine rings is 1. The lowest BCUT2D eigenvalue weighted by molar-refractivity contribution is -0.138. The summed E-state index contributed by atoms with van der Waals surface area (Å²) in [5.74, 6) is -0.174. The Bertz CT molecular complexity index is 309. The second-order valence-corrected chi connectivity index (χ2v) is 4.02. The maximum absolute atomic E-state index is 11.7. The quantitative estimate of drug-likeness (QED) is 0.703. The summed E-state index contributed by atoms with van der Waals surface area (Å²) in [5.41, 5.74) is 0. The van der Waals surface area contributed by atoms with E-state index in [1.807, 2.05) is 0 Å². The minimum Gasteiger partial charge on any atom is -0.347 e. The van der Waals surface area contributed by atoms with Crippen molar-refractivity contribution in [2.75, 3.05) is 32.7 Å². The highest BCUT2D eigenvalue weighted by atomic mass is 16.2. The van der Waals surface area contributed by atoms with Gasteiger partial charge in [-0.2, -0.15) is 0 Å². The van der Waals surface area contributed by atoms with Crippen molar-refractivity contribution in [2.45, 2.75) is 20.3 Å². The molecule has 3 amide bonds. The van der Waals surface area contributed by atoms with Gasteiger partial charge in [-0.05, 0) is 0 Å². The van der Waals surface area contributed by atoms with Gasteiger partial charge in [-0.15, -0.1) is 0 Å². The van der Waals surface area contributed by atoms with Crippen LogP contribution in [-0.4, -0.2) is 60.2 Å². The number of nitrogens with zero attached hydrogens (tertiary/aromatic N) is 2. The Morgan fingerprint density at radius 1 is 1.06 bits per heavy atom. The first-order valence-corrected chi connectivity index (χ1v) is 5.84. The molecule has 0 aromatic carbocycles. The molecule has 0 unspecified atom stereocenters. The molecule has 1 aliphatic heterocycles. The van der Waals surface area contributed by atoms with Crippen LogP contribution < -0.4 is 5.32 Å². The number of carbonyl (C=O) groups excluding carboxylic acids is 3. The lowest BCUT2D eigenvalue weighted by atomic mass is 10.3. The Morgan fingerprint density at radius 2 is 1.59 bits per heavy atom. The van der Waals surface area contributed by atoms with Crippen molar-refractivity contribution in [1.29, 1.82) is 0 Å². The van der Waals surface area contributed by atoms with Crippen LogP contribution in [0.4, 0.5) is 0 Å². The monoisotopic (exact) mass is 241 g/mol. The zero-order valence-corrected chi connectivity index (χ0v) is 10.4. The van der Waals surface area contributed by atoms with Crippen LogP contribution in [0.15, 0.2) is 0 Å². The number of hydrogen-bond acceptors (Lipinski definition) is 3. The average molecular weight is 241 g/mol. The molecular formula is C11H19N3O3. The summed E-state index contributed by atoms with van der Waals surface area (Å²) in [6.07, 6.45) is 0.380. The Balaban J connectivity index is 2.31. The molecule has 0 atom stereocenters. The zero-order chi connectivity index (χ0) is 12.8. The molecule has 1 heterocycles. The normalized spacial score (nSPS) is 15.6. The van der Waals surface area contributed by atoms with E-state index in [0.717, 1.165) is 0 Å². The smallest absolute Gasteiger partial charge is 0.242 e. The highest BCUT2D eigenvalue weighted by Crippen LogP contribution is 2.01. The first kappa shape index (κ1) is 13.5. The third-order valence-corrected chi connectivity index (χ3v) is 2.84. The van der Waals surface area contributed by atoms with Crippen LogP contribution in [0, 0.1) is 0 Å². The van der Waals surface area contributed by atoms with Gasteiger partial charge in [0.15, 0.2) is 0 Å². The molecule has 0 aromatic heterocycles. The van der Waals surface area contributed by atoms with Gasteiger partial charge in [0.05, 0.1) is 6.54 Å². The molecule has 17 heavy (non-hydrogen) atoms. The largest absolute Gasteiger partial charge is 0.347 e. The van der Waals surface area contributed by atoms with Crippen molar-refractivity contribution in [3.63, 3.8) is 0 Å². The van der Waals surface area contributed by atoms with Gasteiger partial charge in [-0.3, -0.25) is 14.4 Å². The maximum Gasteiger partial charge on any atom is 0.242 e. The summed E-state index contributed by atoms with van der Waals surface area (Å²) in [5, 5.41) is 2.55. The fourth-order valence-corrected chi connectivity index (χ4v) is 1.68. The maximum atomic E-state index is 11.7. The van der Waals surface area contributed by atoms with Crippen molar-refractivity contribution in [1.82, 2.24) is 15.1 Å². The lowest BCUT2D eigenvalue weighted by Crippen LogP contribution is -2.52. The average Bonchev–Trinajstić information content (AvgIpc) is 2.35. The number of rotatable bonds is 3. The van der Waals surface area contributed by atoms with Crippen molar-refractivity contribution >= 4 is 17.7 Å². The summed E-state index contributed by atoms with van der Waals surface area (Å²) in [7, 11) is 0. The van der Waals surface area contributed by atoms with Crippen LogP contribution in [-0.2, 0) is 14.4 Å². The number of hydrogen-bond donors (Lipinski definition) is 1. The molecule has 0 radical (unpaired) electrons. The van der Waals surface area contributed by atoms with E-state index in [4.69, 9.17) is 0 Å². The third-order valence-electron chi connectivity index (χ3n) is 2.84. The second kappa shape index (κ2) is 6.22. The Labute approximate surface area is 101 Å². The predicted octanol–water partition coefficient (Wildman–Crippen LogP) is -0.797. The third kappa shape index (κ3) is 4.05. The van der Waals surface area contributed by atoms with Gasteiger partial charge in [-0.25, -0.2) is 0 Å². The van der Waals surface area contributed by atoms with Gasteiger partial charge in [0.25, 0.3) is 0 Å². The van der Waals surface area contributed by atoms with E-state index in [1.165, 1.54) is 6.92 Å². The van der Waals surface area contributed by atoms with E-state index in [0.29, 0.717) is 32.6 Å². The van der Waals surface area contributed by atoms with Gasteiger partial charge in [0.2, 0.25) is 17.7 Å². The standard InChI is InChI=1S/C11H19N3O3/c1-3-10(16)12-8-11(17)14-6-4-13(5-7-14)9(2)15/h3-8H2,1-2H3,(H,12,16). The Kier molecular flexibility index (Phi) is 4.93. The number of amides is 3. The lowest BCUT2D eigenvalue weighted by Gasteiger charge is -2.34. The summed E-state index contributed by atoms with van der Waals surface area (Å²) in [6, 6.07) is 0. The van der Waals surface area contributed by atoms with Crippen LogP contribution in [0.5, 0.6) is 0 Å². The van der Waals surface area contributed by atoms with Gasteiger partial charge in [0, 0.05) is 39.5 Å². The molecule has 0 bridgehead atoms. The zero-order valence-electron chi connectivity index (χ0n) is 10.4. The van der Waals surface area contributed by atoms with Crippen molar-refractivity contribution in [3.05, 3.63) is 0 Å². The minimum absolute atomic E-state index is 0.0383. The molecule has 6 heteroatoms.